The molecule has 148 valence electrons. The summed E-state index contributed by atoms with van der Waals surface area (Å²) in [5.74, 6) is 0.874. The van der Waals surface area contributed by atoms with E-state index in [4.69, 9.17) is 4.74 Å². The third kappa shape index (κ3) is 7.79. The summed E-state index contributed by atoms with van der Waals surface area (Å²) in [5, 5.41) is 6.32. The van der Waals surface area contributed by atoms with E-state index in [2.05, 4.69) is 30.1 Å². The number of aryl methyl sites for hydroxylation is 1. The second-order valence-corrected chi connectivity index (χ2v) is 7.21. The number of carbonyl (C=O) groups is 1. The van der Waals surface area contributed by atoms with Gasteiger partial charge in [0.1, 0.15) is 5.60 Å². The molecule has 0 radical (unpaired) electrons. The van der Waals surface area contributed by atoms with Gasteiger partial charge in [0.05, 0.1) is 12.4 Å². The molecule has 1 aromatic heterocycles. The molecule has 9 heteroatoms. The monoisotopic (exact) mass is 478 g/mol. The Morgan fingerprint density at radius 2 is 2.19 bits per heavy atom. The average molecular weight is 478 g/mol. The van der Waals surface area contributed by atoms with E-state index in [0.29, 0.717) is 0 Å². The molecule has 0 bridgehead atoms. The van der Waals surface area contributed by atoms with Crippen LogP contribution in [0.4, 0.5) is 4.79 Å². The molecule has 0 aliphatic carbocycles. The van der Waals surface area contributed by atoms with E-state index >= 15 is 0 Å². The summed E-state index contributed by atoms with van der Waals surface area (Å²) < 4.78 is 7.37. The Hall–Kier alpha value is -1.52. The zero-order valence-corrected chi connectivity index (χ0v) is 18.4. The molecule has 1 aromatic rings. The highest BCUT2D eigenvalue weighted by Crippen LogP contribution is 2.12. The van der Waals surface area contributed by atoms with E-state index in [1.54, 1.807) is 13.2 Å². The van der Waals surface area contributed by atoms with E-state index in [-0.39, 0.29) is 36.1 Å². The predicted octanol–water partition coefficient (Wildman–Crippen LogP) is 2.07. The minimum absolute atomic E-state index is 0. The number of hydrogen-bond donors (Lipinski definition) is 2. The molecule has 1 aliphatic rings. The normalized spacial score (nSPS) is 17.6. The van der Waals surface area contributed by atoms with Crippen molar-refractivity contribution in [1.82, 2.24) is 25.1 Å². The van der Waals surface area contributed by atoms with Gasteiger partial charge in [-0.3, -0.25) is 4.99 Å². The van der Waals surface area contributed by atoms with Crippen LogP contribution in [0.3, 0.4) is 0 Å². The molecular weight excluding hydrogens is 447 g/mol. The number of rotatable bonds is 5. The Labute approximate surface area is 172 Å². The number of hydrogen-bond acceptors (Lipinski definition) is 4. The number of ether oxygens (including phenoxy) is 1. The van der Waals surface area contributed by atoms with Crippen molar-refractivity contribution >= 4 is 36.0 Å². The van der Waals surface area contributed by atoms with Gasteiger partial charge in [-0.2, -0.15) is 0 Å². The summed E-state index contributed by atoms with van der Waals surface area (Å²) in [6.45, 7) is 8.95. The smallest absolute Gasteiger partial charge is 0.407 e. The van der Waals surface area contributed by atoms with Crippen molar-refractivity contribution in [2.45, 2.75) is 51.8 Å². The number of halogens is 1. The van der Waals surface area contributed by atoms with Crippen molar-refractivity contribution in [3.8, 4) is 0 Å². The largest absolute Gasteiger partial charge is 0.444 e. The Bertz CT molecular complexity index is 570. The highest BCUT2D eigenvalue weighted by molar-refractivity contribution is 14.0. The number of alkyl carbamates (subject to hydrolysis) is 1. The molecule has 1 unspecified atom stereocenters. The average Bonchev–Trinajstić information content (AvgIpc) is 3.17. The van der Waals surface area contributed by atoms with Gasteiger partial charge in [0.25, 0.3) is 0 Å². The zero-order chi connectivity index (χ0) is 18.3. The summed E-state index contributed by atoms with van der Waals surface area (Å²) in [5.41, 5.74) is -0.477. The summed E-state index contributed by atoms with van der Waals surface area (Å²) in [4.78, 5) is 22.4. The number of aromatic nitrogens is 2. The number of nitrogens with zero attached hydrogens (tertiary/aromatic N) is 4. The summed E-state index contributed by atoms with van der Waals surface area (Å²) in [6.07, 6.45) is 7.08. The molecule has 0 aromatic carbocycles. The first kappa shape index (κ1) is 22.5. The fourth-order valence-electron chi connectivity index (χ4n) is 2.76. The lowest BCUT2D eigenvalue weighted by molar-refractivity contribution is 0.0507. The lowest BCUT2D eigenvalue weighted by Gasteiger charge is -2.23. The number of carbonyl (C=O) groups excluding carboxylic acids is 1. The number of imidazole rings is 1. The van der Waals surface area contributed by atoms with Gasteiger partial charge in [-0.05, 0) is 33.6 Å². The van der Waals surface area contributed by atoms with Gasteiger partial charge in [-0.25, -0.2) is 9.78 Å². The molecule has 1 saturated heterocycles. The van der Waals surface area contributed by atoms with E-state index < -0.39 is 5.60 Å². The predicted molar refractivity (Wildman–Crippen MR) is 113 cm³/mol. The summed E-state index contributed by atoms with van der Waals surface area (Å²) in [7, 11) is 1.78. The van der Waals surface area contributed by atoms with Crippen LogP contribution in [0.2, 0.25) is 0 Å². The van der Waals surface area contributed by atoms with Gasteiger partial charge >= 0.3 is 6.09 Å². The van der Waals surface area contributed by atoms with Gasteiger partial charge in [-0.15, -0.1) is 24.0 Å². The van der Waals surface area contributed by atoms with Gasteiger partial charge in [0.2, 0.25) is 0 Å². The second kappa shape index (κ2) is 10.6. The molecule has 26 heavy (non-hydrogen) atoms. The number of aliphatic imine (C=N–C) groups is 1. The van der Waals surface area contributed by atoms with Gasteiger partial charge < -0.3 is 24.8 Å². The fourth-order valence-corrected chi connectivity index (χ4v) is 2.76. The first-order valence-electron chi connectivity index (χ1n) is 8.78. The number of likely N-dealkylation sites (tertiary alicyclic amines) is 1. The van der Waals surface area contributed by atoms with E-state index in [0.717, 1.165) is 45.0 Å². The maximum atomic E-state index is 11.9. The molecule has 1 amide bonds. The first-order valence-corrected chi connectivity index (χ1v) is 8.78. The van der Waals surface area contributed by atoms with Crippen molar-refractivity contribution in [2.75, 3.05) is 26.7 Å². The van der Waals surface area contributed by atoms with Crippen molar-refractivity contribution in [1.29, 1.82) is 0 Å². The van der Waals surface area contributed by atoms with Crippen molar-refractivity contribution in [3.63, 3.8) is 0 Å². The zero-order valence-electron chi connectivity index (χ0n) is 16.1. The van der Waals surface area contributed by atoms with Crippen LogP contribution < -0.4 is 10.6 Å². The van der Waals surface area contributed by atoms with Crippen molar-refractivity contribution in [3.05, 3.63) is 18.7 Å². The van der Waals surface area contributed by atoms with Crippen LogP contribution in [0.25, 0.3) is 0 Å². The molecule has 0 saturated carbocycles. The topological polar surface area (TPSA) is 83.8 Å². The van der Waals surface area contributed by atoms with E-state index in [1.165, 1.54) is 0 Å². The molecule has 8 nitrogen and oxygen atoms in total. The molecular formula is C17H31IN6O2. The Morgan fingerprint density at radius 3 is 2.81 bits per heavy atom. The standard InChI is InChI=1S/C17H30N6O2.HI/c1-17(2,3)25-16(24)21-14-6-10-23(12-14)15(18-4)20-7-5-9-22-11-8-19-13-22;/h8,11,13-14H,5-7,9-10,12H2,1-4H3,(H,18,20)(H,21,24);1H. The molecule has 1 atom stereocenters. The van der Waals surface area contributed by atoms with Crippen LogP contribution in [-0.2, 0) is 11.3 Å². The minimum Gasteiger partial charge on any atom is -0.444 e. The minimum atomic E-state index is -0.477. The Morgan fingerprint density at radius 1 is 1.42 bits per heavy atom. The van der Waals surface area contributed by atoms with Gasteiger partial charge in [0, 0.05) is 45.6 Å². The molecule has 2 N–H and O–H groups in total. The Kier molecular flexibility index (Phi) is 9.17. The van der Waals surface area contributed by atoms with Gasteiger partial charge in [0.15, 0.2) is 5.96 Å². The van der Waals surface area contributed by atoms with Crippen LogP contribution in [0.15, 0.2) is 23.7 Å². The lowest BCUT2D eigenvalue weighted by atomic mass is 10.2. The maximum absolute atomic E-state index is 11.9. The second-order valence-electron chi connectivity index (χ2n) is 7.21. The third-order valence-corrected chi connectivity index (χ3v) is 3.86. The summed E-state index contributed by atoms with van der Waals surface area (Å²) in [6, 6.07) is 0.0827. The molecule has 2 heterocycles. The molecule has 1 aliphatic heterocycles. The number of amides is 1. The highest BCUT2D eigenvalue weighted by atomic mass is 127. The highest BCUT2D eigenvalue weighted by Gasteiger charge is 2.27. The number of guanidine groups is 1. The van der Waals surface area contributed by atoms with Crippen LogP contribution in [-0.4, -0.2) is 64.8 Å². The van der Waals surface area contributed by atoms with E-state index in [1.807, 2.05) is 33.3 Å². The van der Waals surface area contributed by atoms with Crippen LogP contribution in [0.1, 0.15) is 33.6 Å². The third-order valence-electron chi connectivity index (χ3n) is 3.86. The molecule has 2 rings (SSSR count). The van der Waals surface area contributed by atoms with Gasteiger partial charge in [-0.1, -0.05) is 0 Å². The summed E-state index contributed by atoms with van der Waals surface area (Å²) >= 11 is 0. The van der Waals surface area contributed by atoms with Crippen LogP contribution in [0, 0.1) is 0 Å². The molecule has 1 fully saturated rings. The van der Waals surface area contributed by atoms with Crippen LogP contribution >= 0.6 is 24.0 Å². The lowest BCUT2D eigenvalue weighted by Crippen LogP contribution is -2.44. The first-order chi connectivity index (χ1) is 11.9. The maximum Gasteiger partial charge on any atom is 0.407 e. The fraction of sp³-hybridized carbons (Fsp3) is 0.706. The van der Waals surface area contributed by atoms with Crippen LogP contribution in [0.5, 0.6) is 0 Å². The number of nitrogens with one attached hydrogen (secondary N) is 2. The van der Waals surface area contributed by atoms with E-state index in [9.17, 15) is 4.79 Å². The Balaban J connectivity index is 0.00000338. The SMILES string of the molecule is CN=C(NCCCn1ccnc1)N1CCC(NC(=O)OC(C)(C)C)C1.I. The molecule has 0 spiro atoms. The van der Waals surface area contributed by atoms with Crippen molar-refractivity contribution < 1.29 is 9.53 Å². The quantitative estimate of drug-likeness (QED) is 0.293. The van der Waals surface area contributed by atoms with Crippen molar-refractivity contribution in [2.24, 2.45) is 4.99 Å².